The molecule has 3 heterocycles. The quantitative estimate of drug-likeness (QED) is 0.462. The molecule has 1 aromatic carbocycles. The summed E-state index contributed by atoms with van der Waals surface area (Å²) in [4.78, 5) is 37.4. The van der Waals surface area contributed by atoms with Crippen molar-refractivity contribution in [1.29, 1.82) is 0 Å². The molecule has 150 valence electrons. The summed E-state index contributed by atoms with van der Waals surface area (Å²) >= 11 is 3.25. The predicted molar refractivity (Wildman–Crippen MR) is 119 cm³/mol. The molecule has 1 N–H and O–H groups in total. The molecule has 8 heteroatoms. The number of hydrogen-bond donors (Lipinski definition) is 1. The van der Waals surface area contributed by atoms with Crippen molar-refractivity contribution in [2.75, 3.05) is 22.5 Å². The monoisotopic (exact) mass is 426 g/mol. The maximum Gasteiger partial charge on any atom is 0.227 e. The number of aromatic nitrogens is 2. The fraction of sp³-hybridized carbons (Fsp3) is 0.333. The van der Waals surface area contributed by atoms with Crippen molar-refractivity contribution in [3.63, 3.8) is 0 Å². The maximum atomic E-state index is 12.5. The zero-order valence-corrected chi connectivity index (χ0v) is 18.0. The van der Waals surface area contributed by atoms with Crippen LogP contribution in [0.15, 0.2) is 35.6 Å². The lowest BCUT2D eigenvalue weighted by molar-refractivity contribution is -0.117. The lowest BCUT2D eigenvalue weighted by Gasteiger charge is -2.19. The van der Waals surface area contributed by atoms with Gasteiger partial charge in [0.25, 0.3) is 0 Å². The SMILES string of the molecule is Cc1sc2ncnc(SCCC(=O)Nc3ccccc3N3CCCC3=O)c2c1C. The summed E-state index contributed by atoms with van der Waals surface area (Å²) < 4.78 is 0. The van der Waals surface area contributed by atoms with E-state index in [-0.39, 0.29) is 11.8 Å². The number of aryl methyl sites for hydroxylation is 2. The Hall–Kier alpha value is -2.45. The zero-order valence-electron chi connectivity index (χ0n) is 16.4. The highest BCUT2D eigenvalue weighted by Gasteiger charge is 2.24. The molecule has 4 rings (SSSR count). The van der Waals surface area contributed by atoms with Crippen molar-refractivity contribution in [1.82, 2.24) is 9.97 Å². The van der Waals surface area contributed by atoms with Gasteiger partial charge in [-0.3, -0.25) is 9.59 Å². The van der Waals surface area contributed by atoms with Crippen LogP contribution in [0.1, 0.15) is 29.7 Å². The lowest BCUT2D eigenvalue weighted by atomic mass is 10.2. The van der Waals surface area contributed by atoms with Crippen LogP contribution >= 0.6 is 23.1 Å². The molecule has 0 saturated carbocycles. The Morgan fingerprint density at radius 3 is 2.90 bits per heavy atom. The van der Waals surface area contributed by atoms with Gasteiger partial charge >= 0.3 is 0 Å². The second-order valence-electron chi connectivity index (χ2n) is 6.95. The van der Waals surface area contributed by atoms with Gasteiger partial charge in [-0.2, -0.15) is 0 Å². The molecule has 1 fully saturated rings. The van der Waals surface area contributed by atoms with Gasteiger partial charge in [-0.15, -0.1) is 23.1 Å². The van der Waals surface area contributed by atoms with E-state index in [4.69, 9.17) is 0 Å². The number of amides is 2. The van der Waals surface area contributed by atoms with Gasteiger partial charge in [-0.25, -0.2) is 9.97 Å². The first-order valence-corrected chi connectivity index (χ1v) is 11.4. The molecule has 0 unspecified atom stereocenters. The third kappa shape index (κ3) is 4.13. The first kappa shape index (κ1) is 19.8. The lowest BCUT2D eigenvalue weighted by Crippen LogP contribution is -2.25. The van der Waals surface area contributed by atoms with Crippen LogP contribution in [0.5, 0.6) is 0 Å². The Labute approximate surface area is 177 Å². The minimum atomic E-state index is -0.0693. The van der Waals surface area contributed by atoms with Gasteiger partial charge in [-0.05, 0) is 38.0 Å². The van der Waals surface area contributed by atoms with Crippen molar-refractivity contribution < 1.29 is 9.59 Å². The number of benzene rings is 1. The van der Waals surface area contributed by atoms with Crippen LogP contribution in [0.4, 0.5) is 11.4 Å². The summed E-state index contributed by atoms with van der Waals surface area (Å²) in [5.41, 5.74) is 2.67. The highest BCUT2D eigenvalue weighted by Crippen LogP contribution is 2.35. The Bertz CT molecular complexity index is 1080. The molecule has 0 aliphatic carbocycles. The van der Waals surface area contributed by atoms with Gasteiger partial charge in [0.2, 0.25) is 11.8 Å². The van der Waals surface area contributed by atoms with E-state index in [2.05, 4.69) is 29.1 Å². The number of para-hydroxylation sites is 2. The first-order valence-electron chi connectivity index (χ1n) is 9.57. The molecule has 0 spiro atoms. The normalized spacial score (nSPS) is 14.0. The van der Waals surface area contributed by atoms with Crippen molar-refractivity contribution in [3.05, 3.63) is 41.0 Å². The minimum Gasteiger partial charge on any atom is -0.324 e. The number of hydrogen-bond acceptors (Lipinski definition) is 6. The third-order valence-corrected chi connectivity index (χ3v) is 7.15. The van der Waals surface area contributed by atoms with Gasteiger partial charge in [0.1, 0.15) is 16.2 Å². The summed E-state index contributed by atoms with van der Waals surface area (Å²) in [5, 5.41) is 4.99. The van der Waals surface area contributed by atoms with Crippen LogP contribution < -0.4 is 10.2 Å². The number of carbonyl (C=O) groups is 2. The van der Waals surface area contributed by atoms with Crippen LogP contribution in [0, 0.1) is 13.8 Å². The summed E-state index contributed by atoms with van der Waals surface area (Å²) in [6, 6.07) is 7.48. The van der Waals surface area contributed by atoms with Gasteiger partial charge in [0, 0.05) is 35.4 Å². The molecular weight excluding hydrogens is 404 g/mol. The molecule has 1 saturated heterocycles. The topological polar surface area (TPSA) is 75.2 Å². The number of thiophene rings is 1. The Balaban J connectivity index is 1.40. The van der Waals surface area contributed by atoms with Gasteiger partial charge in [0.15, 0.2) is 0 Å². The second-order valence-corrected chi connectivity index (χ2v) is 9.24. The van der Waals surface area contributed by atoms with Gasteiger partial charge < -0.3 is 10.2 Å². The second kappa shape index (κ2) is 8.51. The standard InChI is InChI=1S/C21H22N4O2S2/c1-13-14(2)29-21-19(13)20(22-12-23-21)28-11-9-17(26)24-15-6-3-4-7-16(15)25-10-5-8-18(25)27/h3-4,6-7,12H,5,8-11H2,1-2H3,(H,24,26). The van der Waals surface area contributed by atoms with E-state index in [1.165, 1.54) is 10.4 Å². The van der Waals surface area contributed by atoms with Gasteiger partial charge in [0.05, 0.1) is 11.4 Å². The molecule has 1 aliphatic rings. The summed E-state index contributed by atoms with van der Waals surface area (Å²) in [5.74, 6) is 0.661. The summed E-state index contributed by atoms with van der Waals surface area (Å²) in [6.07, 6.45) is 3.37. The Morgan fingerprint density at radius 1 is 1.28 bits per heavy atom. The van der Waals surface area contributed by atoms with E-state index in [0.717, 1.165) is 27.4 Å². The number of rotatable bonds is 6. The minimum absolute atomic E-state index is 0.0693. The third-order valence-electron chi connectivity index (χ3n) is 5.04. The van der Waals surface area contributed by atoms with Crippen molar-refractivity contribution >= 4 is 56.5 Å². The molecule has 0 atom stereocenters. The van der Waals surface area contributed by atoms with E-state index in [9.17, 15) is 9.59 Å². The van der Waals surface area contributed by atoms with Gasteiger partial charge in [-0.1, -0.05) is 12.1 Å². The molecule has 2 aromatic heterocycles. The first-order chi connectivity index (χ1) is 14.0. The fourth-order valence-electron chi connectivity index (χ4n) is 3.43. The van der Waals surface area contributed by atoms with E-state index in [0.29, 0.717) is 30.8 Å². The number of nitrogens with zero attached hydrogens (tertiary/aromatic N) is 3. The molecule has 3 aromatic rings. The predicted octanol–water partition coefficient (Wildman–Crippen LogP) is 4.56. The van der Waals surface area contributed by atoms with Crippen molar-refractivity contribution in [2.24, 2.45) is 0 Å². The van der Waals surface area contributed by atoms with Crippen molar-refractivity contribution in [3.8, 4) is 0 Å². The van der Waals surface area contributed by atoms with Crippen LogP contribution in [-0.2, 0) is 9.59 Å². The largest absolute Gasteiger partial charge is 0.324 e. The number of carbonyl (C=O) groups excluding carboxylic acids is 2. The maximum absolute atomic E-state index is 12.5. The number of nitrogens with one attached hydrogen (secondary N) is 1. The molecular formula is C21H22N4O2S2. The van der Waals surface area contributed by atoms with E-state index < -0.39 is 0 Å². The molecule has 0 radical (unpaired) electrons. The Kier molecular flexibility index (Phi) is 5.82. The smallest absolute Gasteiger partial charge is 0.227 e. The molecule has 2 amide bonds. The van der Waals surface area contributed by atoms with Crippen LogP contribution in [0.25, 0.3) is 10.2 Å². The van der Waals surface area contributed by atoms with Crippen LogP contribution in [-0.4, -0.2) is 34.1 Å². The molecule has 1 aliphatic heterocycles. The van der Waals surface area contributed by atoms with Crippen LogP contribution in [0.2, 0.25) is 0 Å². The number of anilines is 2. The van der Waals surface area contributed by atoms with E-state index in [1.807, 2.05) is 24.3 Å². The molecule has 29 heavy (non-hydrogen) atoms. The van der Waals surface area contributed by atoms with Crippen molar-refractivity contribution in [2.45, 2.75) is 38.1 Å². The molecule has 0 bridgehead atoms. The zero-order chi connectivity index (χ0) is 20.4. The Morgan fingerprint density at radius 2 is 2.10 bits per heavy atom. The highest BCUT2D eigenvalue weighted by molar-refractivity contribution is 7.99. The molecule has 6 nitrogen and oxygen atoms in total. The summed E-state index contributed by atoms with van der Waals surface area (Å²) in [6.45, 7) is 4.88. The highest BCUT2D eigenvalue weighted by atomic mass is 32.2. The summed E-state index contributed by atoms with van der Waals surface area (Å²) in [7, 11) is 0. The van der Waals surface area contributed by atoms with Crippen LogP contribution in [0.3, 0.4) is 0 Å². The number of fused-ring (bicyclic) bond motifs is 1. The number of thioether (sulfide) groups is 1. The van der Waals surface area contributed by atoms with E-state index >= 15 is 0 Å². The average molecular weight is 427 g/mol. The average Bonchev–Trinajstić information content (AvgIpc) is 3.26. The fourth-order valence-corrected chi connectivity index (χ4v) is 5.49. The van der Waals surface area contributed by atoms with E-state index in [1.54, 1.807) is 34.3 Å².